The van der Waals surface area contributed by atoms with Gasteiger partial charge in [0, 0.05) is 26.4 Å². The molecule has 0 spiro atoms. The van der Waals surface area contributed by atoms with Gasteiger partial charge in [-0.15, -0.1) is 0 Å². The number of hydrogen-bond donors (Lipinski definition) is 2. The minimum Gasteiger partial charge on any atom is -0.394 e. The molecule has 0 radical (unpaired) electrons. The van der Waals surface area contributed by atoms with Crippen molar-refractivity contribution in [3.8, 4) is 0 Å². The lowest BCUT2D eigenvalue weighted by Gasteiger charge is -2.16. The Hall–Kier alpha value is -0.240. The Morgan fingerprint density at radius 2 is 0.429 bits per heavy atom. The molecule has 6 heteroatoms. The lowest BCUT2D eigenvalue weighted by Crippen LogP contribution is -2.24. The van der Waals surface area contributed by atoms with Gasteiger partial charge in [0.2, 0.25) is 0 Å². The van der Waals surface area contributed by atoms with Crippen molar-refractivity contribution in [2.24, 2.45) is 11.8 Å². The monoisotopic (exact) mass is 993 g/mol. The average Bonchev–Trinajstić information content (AvgIpc) is 3.37. The summed E-state index contributed by atoms with van der Waals surface area (Å²) in [6.07, 6.45) is 68.1. The van der Waals surface area contributed by atoms with Gasteiger partial charge < -0.3 is 29.2 Å². The molecule has 2 N–H and O–H groups in total. The van der Waals surface area contributed by atoms with E-state index in [1.165, 1.54) is 295 Å². The fraction of sp³-hybridized carbons (Fsp3) is 1.00. The Morgan fingerprint density at radius 3 is 0.643 bits per heavy atom. The van der Waals surface area contributed by atoms with Crippen LogP contribution in [0.25, 0.3) is 0 Å². The van der Waals surface area contributed by atoms with E-state index < -0.39 is 0 Å². The summed E-state index contributed by atoms with van der Waals surface area (Å²) in [7, 11) is 0. The van der Waals surface area contributed by atoms with Gasteiger partial charge in [-0.05, 0) is 37.5 Å². The molecule has 4 atom stereocenters. The second-order valence-electron chi connectivity index (χ2n) is 23.1. The molecule has 0 aromatic carbocycles. The minimum absolute atomic E-state index is 0.0605. The normalized spacial score (nSPS) is 27.3. The van der Waals surface area contributed by atoms with Gasteiger partial charge in [0.05, 0.1) is 26.4 Å². The molecule has 0 amide bonds. The zero-order valence-corrected chi connectivity index (χ0v) is 47.8. The molecular weight excluding hydrogens is 865 g/mol. The van der Waals surface area contributed by atoms with Gasteiger partial charge in [0.25, 0.3) is 0 Å². The van der Waals surface area contributed by atoms with Crippen LogP contribution in [-0.2, 0) is 18.9 Å². The van der Waals surface area contributed by atoms with Crippen LogP contribution >= 0.6 is 0 Å². The predicted molar refractivity (Wildman–Crippen MR) is 304 cm³/mol. The first-order valence-electron chi connectivity index (χ1n) is 32.3. The highest BCUT2D eigenvalue weighted by atomic mass is 16.5. The molecule has 70 heavy (non-hydrogen) atoms. The first kappa shape index (κ1) is 67.8. The minimum atomic E-state index is -0.165. The summed E-state index contributed by atoms with van der Waals surface area (Å²) in [6.45, 7) is 9.26. The van der Waals surface area contributed by atoms with Crippen molar-refractivity contribution >= 4 is 0 Å². The van der Waals surface area contributed by atoms with Crippen LogP contribution in [0.5, 0.6) is 0 Å². The van der Waals surface area contributed by atoms with Gasteiger partial charge in [-0.1, -0.05) is 309 Å². The predicted octanol–water partition coefficient (Wildman–Crippen LogP) is 19.6. The molecule has 0 aromatic rings. The Morgan fingerprint density at radius 1 is 0.243 bits per heavy atom. The van der Waals surface area contributed by atoms with Gasteiger partial charge in [-0.2, -0.15) is 0 Å². The Bertz CT molecular complexity index is 949. The van der Waals surface area contributed by atoms with Crippen LogP contribution < -0.4 is 0 Å². The standard InChI is InChI=1S/C64H128O6/c1-61-49-43-37-31-25-19-23-28-34-40-46-54-68-60-63(57-65)69-55-47-41-35-29-22-18-16-14-12-10-8-6-4-3-5-7-9-11-13-15-17-21-27-33-39-45-53-67-59-64(58-66)70-56-48-42-36-30-24-20-26-32-38-44-50-62(2)52-51-61/h61-66H,3-60H2,1-2H3/t61?,62?,63-,64-/m0/s1. The lowest BCUT2D eigenvalue weighted by molar-refractivity contribution is -0.0437. The summed E-state index contributed by atoms with van der Waals surface area (Å²) in [6, 6.07) is 0. The van der Waals surface area contributed by atoms with Crippen LogP contribution in [0.4, 0.5) is 0 Å². The Kier molecular flexibility index (Phi) is 56.2. The van der Waals surface area contributed by atoms with Crippen molar-refractivity contribution < 1.29 is 29.2 Å². The third kappa shape index (κ3) is 52.6. The van der Waals surface area contributed by atoms with Gasteiger partial charge >= 0.3 is 0 Å². The fourth-order valence-electron chi connectivity index (χ4n) is 10.8. The van der Waals surface area contributed by atoms with E-state index in [-0.39, 0.29) is 25.4 Å². The van der Waals surface area contributed by atoms with Crippen molar-refractivity contribution in [1.29, 1.82) is 0 Å². The zero-order valence-electron chi connectivity index (χ0n) is 47.8. The van der Waals surface area contributed by atoms with Crippen LogP contribution in [-0.4, -0.2) is 75.3 Å². The summed E-state index contributed by atoms with van der Waals surface area (Å²) in [5.41, 5.74) is 0. The van der Waals surface area contributed by atoms with E-state index in [4.69, 9.17) is 18.9 Å². The van der Waals surface area contributed by atoms with Crippen molar-refractivity contribution in [2.75, 3.05) is 52.9 Å². The van der Waals surface area contributed by atoms with E-state index >= 15 is 0 Å². The third-order valence-electron chi connectivity index (χ3n) is 15.9. The zero-order chi connectivity index (χ0) is 50.2. The van der Waals surface area contributed by atoms with Gasteiger partial charge in [0.15, 0.2) is 0 Å². The van der Waals surface area contributed by atoms with E-state index in [1.807, 2.05) is 0 Å². The van der Waals surface area contributed by atoms with Crippen LogP contribution in [0, 0.1) is 11.8 Å². The molecule has 0 bridgehead atoms. The molecular formula is C64H128O6. The number of ether oxygens (including phenoxy) is 4. The number of aliphatic hydroxyl groups is 2. The second kappa shape index (κ2) is 58.0. The van der Waals surface area contributed by atoms with Crippen LogP contribution in [0.1, 0.15) is 335 Å². The van der Waals surface area contributed by atoms with Crippen LogP contribution in [0.3, 0.4) is 0 Å². The molecule has 2 unspecified atom stereocenters. The molecule has 6 nitrogen and oxygen atoms in total. The van der Waals surface area contributed by atoms with Gasteiger partial charge in [-0.3, -0.25) is 0 Å². The van der Waals surface area contributed by atoms with E-state index in [0.29, 0.717) is 13.2 Å². The van der Waals surface area contributed by atoms with Crippen LogP contribution in [0.15, 0.2) is 0 Å². The highest BCUT2D eigenvalue weighted by Crippen LogP contribution is 2.23. The largest absolute Gasteiger partial charge is 0.394 e. The molecule has 1 fully saturated rings. The first-order valence-corrected chi connectivity index (χ1v) is 32.3. The third-order valence-corrected chi connectivity index (χ3v) is 15.9. The van der Waals surface area contributed by atoms with Crippen molar-refractivity contribution in [1.82, 2.24) is 0 Å². The van der Waals surface area contributed by atoms with Crippen molar-refractivity contribution in [2.45, 2.75) is 347 Å². The molecule has 420 valence electrons. The van der Waals surface area contributed by atoms with Crippen molar-refractivity contribution in [3.05, 3.63) is 0 Å². The summed E-state index contributed by atoms with van der Waals surface area (Å²) in [5, 5.41) is 19.5. The summed E-state index contributed by atoms with van der Waals surface area (Å²) >= 11 is 0. The maximum atomic E-state index is 9.76. The molecule has 1 heterocycles. The molecule has 1 saturated heterocycles. The average molecular weight is 994 g/mol. The van der Waals surface area contributed by atoms with E-state index in [1.54, 1.807) is 0 Å². The van der Waals surface area contributed by atoms with Gasteiger partial charge in [0.1, 0.15) is 12.2 Å². The summed E-state index contributed by atoms with van der Waals surface area (Å²) < 4.78 is 23.7. The van der Waals surface area contributed by atoms with E-state index in [2.05, 4.69) is 13.8 Å². The highest BCUT2D eigenvalue weighted by Gasteiger charge is 2.10. The molecule has 0 aromatic heterocycles. The molecule has 0 aliphatic carbocycles. The van der Waals surface area contributed by atoms with Gasteiger partial charge in [-0.25, -0.2) is 0 Å². The highest BCUT2D eigenvalue weighted by molar-refractivity contribution is 4.62. The second-order valence-corrected chi connectivity index (χ2v) is 23.1. The fourth-order valence-corrected chi connectivity index (χ4v) is 10.8. The number of hydrogen-bond acceptors (Lipinski definition) is 6. The Labute approximate surface area is 439 Å². The van der Waals surface area contributed by atoms with Crippen LogP contribution in [0.2, 0.25) is 0 Å². The molecule has 0 saturated carbocycles. The maximum Gasteiger partial charge on any atom is 0.104 e. The number of aliphatic hydroxyl groups excluding tert-OH is 2. The lowest BCUT2D eigenvalue weighted by atomic mass is 9.91. The molecule has 1 rings (SSSR count). The quantitative estimate of drug-likeness (QED) is 0.287. The SMILES string of the molecule is CC1CCCCCCCCCCCCOC[C@H](CO)OCCCCCCCCCCCCCCCCCCCCCCCCCCCCOC[C@H](CO)OCCCCCCCCCCCCC(C)CC1. The number of rotatable bonds is 2. The molecule has 1 aliphatic heterocycles. The summed E-state index contributed by atoms with van der Waals surface area (Å²) in [4.78, 5) is 0. The topological polar surface area (TPSA) is 77.4 Å². The van der Waals surface area contributed by atoms with Crippen molar-refractivity contribution in [3.63, 3.8) is 0 Å². The Balaban J connectivity index is 2.17. The van der Waals surface area contributed by atoms with E-state index in [0.717, 1.165) is 63.9 Å². The smallest absolute Gasteiger partial charge is 0.104 e. The molecule has 1 aliphatic rings. The summed E-state index contributed by atoms with van der Waals surface area (Å²) in [5.74, 6) is 1.78. The van der Waals surface area contributed by atoms with E-state index in [9.17, 15) is 10.2 Å². The first-order chi connectivity index (χ1) is 34.7. The maximum absolute atomic E-state index is 9.76.